The van der Waals surface area contributed by atoms with E-state index < -0.39 is 0 Å². The highest BCUT2D eigenvalue weighted by Crippen LogP contribution is 2.31. The second-order valence-electron chi connectivity index (χ2n) is 4.52. The molecule has 0 aliphatic carbocycles. The van der Waals surface area contributed by atoms with Crippen LogP contribution in [0.15, 0.2) is 36.4 Å². The van der Waals surface area contributed by atoms with Crippen LogP contribution < -0.4 is 10.1 Å². The van der Waals surface area contributed by atoms with Gasteiger partial charge in [0.25, 0.3) is 0 Å². The lowest BCUT2D eigenvalue weighted by molar-refractivity contribution is 0.402. The van der Waals surface area contributed by atoms with Gasteiger partial charge < -0.3 is 10.1 Å². The van der Waals surface area contributed by atoms with Crippen LogP contribution in [0.3, 0.4) is 0 Å². The van der Waals surface area contributed by atoms with Gasteiger partial charge in [0.2, 0.25) is 0 Å². The number of nitrogens with one attached hydrogen (secondary N) is 1. The van der Waals surface area contributed by atoms with E-state index in [2.05, 4.69) is 11.4 Å². The first-order valence-electron chi connectivity index (χ1n) is 6.35. The molecule has 0 aromatic heterocycles. The Morgan fingerprint density at radius 1 is 1.33 bits per heavy atom. The Balaban J connectivity index is 2.37. The van der Waals surface area contributed by atoms with Gasteiger partial charge in [-0.15, -0.1) is 0 Å². The van der Waals surface area contributed by atoms with Crippen LogP contribution in [0.5, 0.6) is 5.75 Å². The lowest BCUT2D eigenvalue weighted by atomic mass is 10.1. The van der Waals surface area contributed by atoms with Crippen LogP contribution >= 0.6 is 11.6 Å². The summed E-state index contributed by atoms with van der Waals surface area (Å²) in [6.07, 6.45) is 0. The molecule has 21 heavy (non-hydrogen) atoms. The maximum absolute atomic E-state index is 14.0. The summed E-state index contributed by atoms with van der Waals surface area (Å²) < 4.78 is 19.2. The third-order valence-electron chi connectivity index (χ3n) is 3.14. The highest BCUT2D eigenvalue weighted by atomic mass is 35.5. The summed E-state index contributed by atoms with van der Waals surface area (Å²) in [6, 6.07) is 11.3. The van der Waals surface area contributed by atoms with Crippen molar-refractivity contribution in [3.8, 4) is 11.8 Å². The molecule has 5 heteroatoms. The van der Waals surface area contributed by atoms with E-state index in [0.29, 0.717) is 27.6 Å². The van der Waals surface area contributed by atoms with Gasteiger partial charge in [0, 0.05) is 5.02 Å². The molecule has 1 atom stereocenters. The van der Waals surface area contributed by atoms with Crippen LogP contribution in [-0.2, 0) is 0 Å². The van der Waals surface area contributed by atoms with Crippen LogP contribution in [0, 0.1) is 17.1 Å². The van der Waals surface area contributed by atoms with E-state index in [9.17, 15) is 4.39 Å². The van der Waals surface area contributed by atoms with Gasteiger partial charge >= 0.3 is 0 Å². The molecule has 0 spiro atoms. The Morgan fingerprint density at radius 3 is 2.76 bits per heavy atom. The molecule has 0 saturated carbocycles. The molecule has 0 bridgehead atoms. The zero-order valence-corrected chi connectivity index (χ0v) is 12.4. The Hall–Kier alpha value is -2.25. The van der Waals surface area contributed by atoms with Crippen LogP contribution in [0.25, 0.3) is 0 Å². The fourth-order valence-electron chi connectivity index (χ4n) is 2.15. The van der Waals surface area contributed by atoms with Crippen LogP contribution in [0.4, 0.5) is 10.1 Å². The van der Waals surface area contributed by atoms with Crippen LogP contribution in [0.2, 0.25) is 5.02 Å². The predicted molar refractivity (Wildman–Crippen MR) is 81.2 cm³/mol. The molecule has 0 heterocycles. The zero-order chi connectivity index (χ0) is 15.4. The number of nitriles is 1. The quantitative estimate of drug-likeness (QED) is 0.902. The van der Waals surface area contributed by atoms with E-state index in [4.69, 9.17) is 21.6 Å². The van der Waals surface area contributed by atoms with Crippen molar-refractivity contribution in [2.24, 2.45) is 0 Å². The SMILES string of the molecule is COc1cccc(F)c1C(C)Nc1cc(Cl)ccc1C#N. The minimum absolute atomic E-state index is 0.366. The number of halogens is 2. The molecule has 1 N–H and O–H groups in total. The van der Waals surface area contributed by atoms with Crippen molar-refractivity contribution in [1.29, 1.82) is 5.26 Å². The predicted octanol–water partition coefficient (Wildman–Crippen LogP) is 4.53. The average Bonchev–Trinajstić information content (AvgIpc) is 2.47. The fourth-order valence-corrected chi connectivity index (χ4v) is 2.33. The van der Waals surface area contributed by atoms with Gasteiger partial charge in [-0.3, -0.25) is 0 Å². The standard InChI is InChI=1S/C16H14ClFN2O/c1-10(16-13(18)4-3-5-15(16)21-2)20-14-8-12(17)7-6-11(14)9-19/h3-8,10,20H,1-2H3. The van der Waals surface area contributed by atoms with Crippen molar-refractivity contribution in [2.75, 3.05) is 12.4 Å². The highest BCUT2D eigenvalue weighted by Gasteiger charge is 2.17. The van der Waals surface area contributed by atoms with Gasteiger partial charge in [0.1, 0.15) is 17.6 Å². The minimum Gasteiger partial charge on any atom is -0.496 e. The Kier molecular flexibility index (Phi) is 4.66. The third-order valence-corrected chi connectivity index (χ3v) is 3.38. The van der Waals surface area contributed by atoms with Crippen LogP contribution in [-0.4, -0.2) is 7.11 Å². The van der Waals surface area contributed by atoms with Crippen molar-refractivity contribution in [2.45, 2.75) is 13.0 Å². The molecule has 0 radical (unpaired) electrons. The van der Waals surface area contributed by atoms with Gasteiger partial charge in [0.05, 0.1) is 30.0 Å². The number of rotatable bonds is 4. The minimum atomic E-state index is -0.383. The number of hydrogen-bond acceptors (Lipinski definition) is 3. The lowest BCUT2D eigenvalue weighted by Gasteiger charge is -2.19. The average molecular weight is 305 g/mol. The maximum atomic E-state index is 14.0. The van der Waals surface area contributed by atoms with Gasteiger partial charge in [-0.1, -0.05) is 17.7 Å². The second-order valence-corrected chi connectivity index (χ2v) is 4.96. The van der Waals surface area contributed by atoms with Gasteiger partial charge in [-0.2, -0.15) is 5.26 Å². The van der Waals surface area contributed by atoms with Crippen molar-refractivity contribution in [3.05, 3.63) is 58.4 Å². The van der Waals surface area contributed by atoms with Crippen molar-refractivity contribution in [3.63, 3.8) is 0 Å². The Bertz CT molecular complexity index is 697. The smallest absolute Gasteiger partial charge is 0.132 e. The first-order chi connectivity index (χ1) is 10.1. The number of nitrogens with zero attached hydrogens (tertiary/aromatic N) is 1. The maximum Gasteiger partial charge on any atom is 0.132 e. The molecule has 2 rings (SSSR count). The Morgan fingerprint density at radius 2 is 2.10 bits per heavy atom. The number of ether oxygens (including phenoxy) is 1. The van der Waals surface area contributed by atoms with E-state index in [-0.39, 0.29) is 11.9 Å². The first kappa shape index (κ1) is 15.1. The van der Waals surface area contributed by atoms with Gasteiger partial charge in [-0.05, 0) is 37.3 Å². The lowest BCUT2D eigenvalue weighted by Crippen LogP contribution is -2.11. The second kappa shape index (κ2) is 6.47. The molecular weight excluding hydrogens is 291 g/mol. The number of hydrogen-bond donors (Lipinski definition) is 1. The molecule has 0 saturated heterocycles. The van der Waals surface area contributed by atoms with Crippen molar-refractivity contribution in [1.82, 2.24) is 0 Å². The molecule has 3 nitrogen and oxygen atoms in total. The third kappa shape index (κ3) is 3.26. The van der Waals surface area contributed by atoms with E-state index in [0.717, 1.165) is 0 Å². The monoisotopic (exact) mass is 304 g/mol. The number of anilines is 1. The van der Waals surface area contributed by atoms with Gasteiger partial charge in [0.15, 0.2) is 0 Å². The van der Waals surface area contributed by atoms with Gasteiger partial charge in [-0.25, -0.2) is 4.39 Å². The zero-order valence-electron chi connectivity index (χ0n) is 11.7. The fraction of sp³-hybridized carbons (Fsp3) is 0.188. The molecule has 108 valence electrons. The molecule has 0 fully saturated rings. The summed E-state index contributed by atoms with van der Waals surface area (Å²) in [5.41, 5.74) is 1.41. The number of benzene rings is 2. The normalized spacial score (nSPS) is 11.6. The summed E-state index contributed by atoms with van der Waals surface area (Å²) in [5.74, 6) is 0.0884. The van der Waals surface area contributed by atoms with Crippen molar-refractivity contribution < 1.29 is 9.13 Å². The molecule has 1 unspecified atom stereocenters. The molecule has 2 aromatic rings. The largest absolute Gasteiger partial charge is 0.496 e. The number of methoxy groups -OCH3 is 1. The molecule has 2 aromatic carbocycles. The summed E-state index contributed by atoms with van der Waals surface area (Å²) in [4.78, 5) is 0. The highest BCUT2D eigenvalue weighted by molar-refractivity contribution is 6.30. The van der Waals surface area contributed by atoms with Crippen LogP contribution in [0.1, 0.15) is 24.1 Å². The van der Waals surface area contributed by atoms with E-state index >= 15 is 0 Å². The molecule has 0 aliphatic rings. The summed E-state index contributed by atoms with van der Waals surface area (Å²) in [6.45, 7) is 1.79. The summed E-state index contributed by atoms with van der Waals surface area (Å²) in [7, 11) is 1.49. The van der Waals surface area contributed by atoms with E-state index in [1.54, 1.807) is 37.3 Å². The van der Waals surface area contributed by atoms with E-state index in [1.807, 2.05) is 0 Å². The first-order valence-corrected chi connectivity index (χ1v) is 6.73. The van der Waals surface area contributed by atoms with E-state index in [1.165, 1.54) is 13.2 Å². The Labute approximate surface area is 127 Å². The molecule has 0 amide bonds. The molecule has 0 aliphatic heterocycles. The summed E-state index contributed by atoms with van der Waals surface area (Å²) >= 11 is 5.94. The topological polar surface area (TPSA) is 45.0 Å². The molecular formula is C16H14ClFN2O. The van der Waals surface area contributed by atoms with Crippen molar-refractivity contribution >= 4 is 17.3 Å². The summed E-state index contributed by atoms with van der Waals surface area (Å²) in [5, 5.41) is 12.7.